The van der Waals surface area contributed by atoms with Crippen LogP contribution >= 0.6 is 0 Å². The van der Waals surface area contributed by atoms with Crippen LogP contribution < -0.4 is 0 Å². The van der Waals surface area contributed by atoms with Crippen molar-refractivity contribution in [3.05, 3.63) is 47.5 Å². The number of carbonyl (C=O) groups excluding carboxylic acids is 1. The average molecular weight is 354 g/mol. The summed E-state index contributed by atoms with van der Waals surface area (Å²) in [5, 5.41) is -0.729. The third-order valence-electron chi connectivity index (χ3n) is 3.57. The summed E-state index contributed by atoms with van der Waals surface area (Å²) < 4.78 is 63.0. The van der Waals surface area contributed by atoms with Gasteiger partial charge in [-0.2, -0.15) is 16.8 Å². The summed E-state index contributed by atoms with van der Waals surface area (Å²) in [7, 11) is -8.97. The minimum atomic E-state index is -4.57. The first-order chi connectivity index (χ1) is 10.6. The molecule has 0 saturated carbocycles. The van der Waals surface area contributed by atoms with E-state index in [-0.39, 0.29) is 10.5 Å². The van der Waals surface area contributed by atoms with Crippen LogP contribution in [0, 0.1) is 0 Å². The van der Waals surface area contributed by atoms with Gasteiger partial charge < -0.3 is 0 Å². The van der Waals surface area contributed by atoms with E-state index in [4.69, 9.17) is 9.11 Å². The van der Waals surface area contributed by atoms with Crippen LogP contribution in [0.3, 0.4) is 0 Å². The van der Waals surface area contributed by atoms with E-state index in [9.17, 15) is 21.6 Å². The highest BCUT2D eigenvalue weighted by molar-refractivity contribution is 7.87. The zero-order valence-electron chi connectivity index (χ0n) is 11.4. The molecule has 0 heterocycles. The molecule has 3 rings (SSSR count). The fraction of sp³-hybridized carbons (Fsp3) is 0.0714. The van der Waals surface area contributed by atoms with Crippen molar-refractivity contribution in [3.8, 4) is 0 Å². The highest BCUT2D eigenvalue weighted by Gasteiger charge is 2.33. The summed E-state index contributed by atoms with van der Waals surface area (Å²) in [6.45, 7) is 0. The zero-order chi connectivity index (χ0) is 17.0. The molecule has 7 nitrogen and oxygen atoms in total. The molecule has 2 N–H and O–H groups in total. The second-order valence-electron chi connectivity index (χ2n) is 5.08. The van der Waals surface area contributed by atoms with Crippen molar-refractivity contribution in [2.24, 2.45) is 0 Å². The number of fused-ring (bicyclic) bond motifs is 2. The van der Waals surface area contributed by atoms with E-state index < -0.39 is 31.3 Å². The Bertz CT molecular complexity index is 1080. The number of ketones is 1. The zero-order valence-corrected chi connectivity index (χ0v) is 13.0. The maximum absolute atomic E-state index is 12.2. The van der Waals surface area contributed by atoms with Gasteiger partial charge in [0.25, 0.3) is 20.2 Å². The van der Waals surface area contributed by atoms with E-state index in [1.807, 2.05) is 0 Å². The minimum absolute atomic E-state index is 0.0510. The van der Waals surface area contributed by atoms with E-state index in [2.05, 4.69) is 0 Å². The Kier molecular flexibility index (Phi) is 3.41. The fourth-order valence-corrected chi connectivity index (χ4v) is 3.66. The molecule has 0 aliphatic heterocycles. The van der Waals surface area contributed by atoms with Crippen LogP contribution in [0.1, 0.15) is 15.9 Å². The molecular formula is C14H10O7S2. The Hall–Kier alpha value is -2.07. The summed E-state index contributed by atoms with van der Waals surface area (Å²) >= 11 is 0. The molecule has 9 heteroatoms. The van der Waals surface area contributed by atoms with Crippen molar-refractivity contribution in [2.75, 3.05) is 0 Å². The summed E-state index contributed by atoms with van der Waals surface area (Å²) in [6.07, 6.45) is 2.50. The molecule has 0 amide bonds. The van der Waals surface area contributed by atoms with E-state index in [0.29, 0.717) is 16.3 Å². The predicted octanol–water partition coefficient (Wildman–Crippen LogP) is 1.55. The van der Waals surface area contributed by atoms with Crippen LogP contribution in [0.2, 0.25) is 0 Å². The van der Waals surface area contributed by atoms with Crippen LogP contribution in [0.5, 0.6) is 0 Å². The number of carbonyl (C=O) groups is 1. The van der Waals surface area contributed by atoms with Gasteiger partial charge in [0.1, 0.15) is 0 Å². The first kappa shape index (κ1) is 15.8. The van der Waals surface area contributed by atoms with E-state index >= 15 is 0 Å². The smallest absolute Gasteiger partial charge is 0.292 e. The van der Waals surface area contributed by atoms with Crippen LogP contribution in [0.4, 0.5) is 0 Å². The van der Waals surface area contributed by atoms with Crippen molar-refractivity contribution in [3.63, 3.8) is 0 Å². The number of hydrogen-bond donors (Lipinski definition) is 2. The summed E-state index contributed by atoms with van der Waals surface area (Å²) in [5.74, 6) is -0.802. The lowest BCUT2D eigenvalue weighted by molar-refractivity contribution is 0.0995. The fourth-order valence-electron chi connectivity index (χ4n) is 2.47. The van der Waals surface area contributed by atoms with Gasteiger partial charge in [-0.05, 0) is 40.6 Å². The largest absolute Gasteiger partial charge is 0.294 e. The van der Waals surface area contributed by atoms with E-state index in [0.717, 1.165) is 6.08 Å². The Balaban J connectivity index is 2.24. The van der Waals surface area contributed by atoms with Crippen molar-refractivity contribution in [1.82, 2.24) is 0 Å². The maximum atomic E-state index is 12.2. The van der Waals surface area contributed by atoms with Crippen molar-refractivity contribution >= 4 is 42.9 Å². The molecule has 1 aliphatic rings. The summed E-state index contributed by atoms with van der Waals surface area (Å²) in [4.78, 5) is 11.9. The average Bonchev–Trinajstić information content (AvgIpc) is 2.43. The number of Topliss-reactive ketones (excluding diaryl/α,β-unsaturated/α-hetero) is 1. The van der Waals surface area contributed by atoms with Crippen molar-refractivity contribution in [2.45, 2.75) is 10.1 Å². The van der Waals surface area contributed by atoms with Gasteiger partial charge in [0.2, 0.25) is 0 Å². The SMILES string of the molecule is O=C1c2cc3cc(S(=O)(=O)O)ccc3cc2C=CC1S(=O)(=O)O. The molecule has 1 atom stereocenters. The lowest BCUT2D eigenvalue weighted by atomic mass is 9.93. The van der Waals surface area contributed by atoms with Crippen LogP contribution in [-0.2, 0) is 20.2 Å². The molecule has 2 aromatic carbocycles. The number of rotatable bonds is 2. The molecule has 0 spiro atoms. The van der Waals surface area contributed by atoms with E-state index in [1.54, 1.807) is 6.07 Å². The molecule has 0 aromatic heterocycles. The standard InChI is InChI=1S/C14H10O7S2/c15-14-12-7-10-6-11(22(16,17)18)3-1-8(10)5-9(12)2-4-13(14)23(19,20)21/h1-7,13H,(H,16,17,18)(H,19,20,21). The molecule has 1 aliphatic carbocycles. The molecule has 0 bridgehead atoms. The van der Waals surface area contributed by atoms with Gasteiger partial charge in [-0.25, -0.2) is 0 Å². The third kappa shape index (κ3) is 2.79. The molecule has 0 radical (unpaired) electrons. The second-order valence-corrected chi connectivity index (χ2v) is 8.04. The quantitative estimate of drug-likeness (QED) is 0.784. The lowest BCUT2D eigenvalue weighted by Gasteiger charge is -2.17. The molecule has 23 heavy (non-hydrogen) atoms. The van der Waals surface area contributed by atoms with Gasteiger partial charge in [0, 0.05) is 5.56 Å². The van der Waals surface area contributed by atoms with Gasteiger partial charge >= 0.3 is 0 Å². The first-order valence-electron chi connectivity index (χ1n) is 6.31. The topological polar surface area (TPSA) is 126 Å². The van der Waals surface area contributed by atoms with E-state index in [1.165, 1.54) is 30.3 Å². The minimum Gasteiger partial charge on any atom is -0.292 e. The molecule has 0 fully saturated rings. The Morgan fingerprint density at radius 3 is 2.22 bits per heavy atom. The summed E-state index contributed by atoms with van der Waals surface area (Å²) in [6, 6.07) is 6.79. The first-order valence-corrected chi connectivity index (χ1v) is 9.26. The lowest BCUT2D eigenvalue weighted by Crippen LogP contribution is -2.30. The second kappa shape index (κ2) is 4.96. The third-order valence-corrected chi connectivity index (χ3v) is 5.44. The van der Waals surface area contributed by atoms with Crippen LogP contribution in [-0.4, -0.2) is 37.0 Å². The van der Waals surface area contributed by atoms with Crippen LogP contribution in [0.25, 0.3) is 16.8 Å². The Morgan fingerprint density at radius 2 is 1.61 bits per heavy atom. The number of hydrogen-bond acceptors (Lipinski definition) is 5. The van der Waals surface area contributed by atoms with Crippen LogP contribution in [0.15, 0.2) is 41.3 Å². The van der Waals surface area contributed by atoms with Crippen molar-refractivity contribution in [1.29, 1.82) is 0 Å². The van der Waals surface area contributed by atoms with Gasteiger partial charge in [0.05, 0.1) is 4.90 Å². The predicted molar refractivity (Wildman–Crippen MR) is 82.5 cm³/mol. The Morgan fingerprint density at radius 1 is 0.913 bits per heavy atom. The summed E-state index contributed by atoms with van der Waals surface area (Å²) in [5.41, 5.74) is 0.511. The Labute approximate surface area is 131 Å². The highest BCUT2D eigenvalue weighted by Crippen LogP contribution is 2.29. The highest BCUT2D eigenvalue weighted by atomic mass is 32.2. The molecule has 2 aromatic rings. The molecular weight excluding hydrogens is 344 g/mol. The molecule has 1 unspecified atom stereocenters. The van der Waals surface area contributed by atoms with Crippen molar-refractivity contribution < 1.29 is 30.7 Å². The van der Waals surface area contributed by atoms with Gasteiger partial charge in [-0.3, -0.25) is 13.9 Å². The van der Waals surface area contributed by atoms with Gasteiger partial charge in [-0.15, -0.1) is 0 Å². The molecule has 120 valence electrons. The normalized spacial score (nSPS) is 18.2. The number of benzene rings is 2. The molecule has 0 saturated heterocycles. The maximum Gasteiger partial charge on any atom is 0.294 e. The van der Waals surface area contributed by atoms with Gasteiger partial charge in [-0.1, -0.05) is 18.2 Å². The monoisotopic (exact) mass is 354 g/mol. The van der Waals surface area contributed by atoms with Gasteiger partial charge in [0.15, 0.2) is 11.0 Å².